The van der Waals surface area contributed by atoms with Crippen LogP contribution in [0.4, 0.5) is 0 Å². The fourth-order valence-corrected chi connectivity index (χ4v) is 2.10. The third kappa shape index (κ3) is 2.63. The van der Waals surface area contributed by atoms with Gasteiger partial charge in [-0.1, -0.05) is 13.0 Å². The molecule has 0 saturated carbocycles. The SMILES string of the molecule is CNC(CC(C)CN)c1ccc2[nH]c(=O)oc2c1. The number of aromatic nitrogens is 1. The van der Waals surface area contributed by atoms with Gasteiger partial charge in [0.1, 0.15) is 0 Å². The van der Waals surface area contributed by atoms with Crippen molar-refractivity contribution in [2.75, 3.05) is 13.6 Å². The van der Waals surface area contributed by atoms with Crippen LogP contribution >= 0.6 is 0 Å². The summed E-state index contributed by atoms with van der Waals surface area (Å²) in [5.74, 6) is 0.0230. The largest absolute Gasteiger partial charge is 0.417 e. The van der Waals surface area contributed by atoms with E-state index in [0.717, 1.165) is 17.5 Å². The summed E-state index contributed by atoms with van der Waals surface area (Å²) in [6, 6.07) is 5.98. The molecule has 0 amide bonds. The molecule has 1 heterocycles. The lowest BCUT2D eigenvalue weighted by molar-refractivity contribution is 0.437. The quantitative estimate of drug-likeness (QED) is 0.747. The van der Waals surface area contributed by atoms with Gasteiger partial charge in [0.15, 0.2) is 5.58 Å². The first-order valence-corrected chi connectivity index (χ1v) is 6.14. The predicted molar refractivity (Wildman–Crippen MR) is 71.5 cm³/mol. The molecule has 5 heteroatoms. The van der Waals surface area contributed by atoms with Gasteiger partial charge in [-0.2, -0.15) is 0 Å². The molecule has 0 bridgehead atoms. The maximum Gasteiger partial charge on any atom is 0.417 e. The highest BCUT2D eigenvalue weighted by Crippen LogP contribution is 2.23. The van der Waals surface area contributed by atoms with Crippen molar-refractivity contribution < 1.29 is 4.42 Å². The summed E-state index contributed by atoms with van der Waals surface area (Å²) in [6.45, 7) is 2.79. The molecule has 0 radical (unpaired) electrons. The topological polar surface area (TPSA) is 84.0 Å². The van der Waals surface area contributed by atoms with Crippen molar-refractivity contribution in [3.63, 3.8) is 0 Å². The van der Waals surface area contributed by atoms with Gasteiger partial charge >= 0.3 is 5.76 Å². The Morgan fingerprint density at radius 3 is 2.94 bits per heavy atom. The van der Waals surface area contributed by atoms with E-state index in [4.69, 9.17) is 10.2 Å². The van der Waals surface area contributed by atoms with Gasteiger partial charge < -0.3 is 15.5 Å². The third-order valence-electron chi connectivity index (χ3n) is 3.24. The van der Waals surface area contributed by atoms with E-state index in [1.807, 2.05) is 25.2 Å². The van der Waals surface area contributed by atoms with Crippen molar-refractivity contribution in [2.45, 2.75) is 19.4 Å². The number of aromatic amines is 1. The van der Waals surface area contributed by atoms with Gasteiger partial charge in [0.05, 0.1) is 5.52 Å². The highest BCUT2D eigenvalue weighted by Gasteiger charge is 2.14. The number of nitrogens with two attached hydrogens (primary N) is 1. The molecule has 0 spiro atoms. The molecule has 2 aromatic rings. The zero-order valence-electron chi connectivity index (χ0n) is 10.7. The Morgan fingerprint density at radius 2 is 2.28 bits per heavy atom. The lowest BCUT2D eigenvalue weighted by Crippen LogP contribution is -2.22. The molecule has 2 atom stereocenters. The molecular formula is C13H19N3O2. The maximum absolute atomic E-state index is 11.1. The normalized spacial score (nSPS) is 14.8. The standard InChI is InChI=1S/C13H19N3O2/c1-8(7-14)5-11(15-2)9-3-4-10-12(6-9)18-13(17)16-10/h3-4,6,8,11,15H,5,7,14H2,1-2H3,(H,16,17). The summed E-state index contributed by atoms with van der Waals surface area (Å²) in [5, 5.41) is 3.27. The van der Waals surface area contributed by atoms with E-state index in [-0.39, 0.29) is 6.04 Å². The second-order valence-electron chi connectivity index (χ2n) is 4.69. The van der Waals surface area contributed by atoms with Crippen LogP contribution in [0, 0.1) is 5.92 Å². The molecule has 0 aliphatic heterocycles. The average Bonchev–Trinajstić information content (AvgIpc) is 2.74. The van der Waals surface area contributed by atoms with E-state index in [2.05, 4.69) is 17.2 Å². The van der Waals surface area contributed by atoms with Crippen LogP contribution in [-0.4, -0.2) is 18.6 Å². The molecule has 0 fully saturated rings. The molecule has 1 aromatic heterocycles. The number of nitrogens with one attached hydrogen (secondary N) is 2. The van der Waals surface area contributed by atoms with Crippen LogP contribution in [0.3, 0.4) is 0 Å². The van der Waals surface area contributed by atoms with E-state index in [0.29, 0.717) is 18.0 Å². The zero-order chi connectivity index (χ0) is 13.1. The Kier molecular flexibility index (Phi) is 3.84. The summed E-state index contributed by atoms with van der Waals surface area (Å²) >= 11 is 0. The minimum Gasteiger partial charge on any atom is -0.408 e. The number of fused-ring (bicyclic) bond motifs is 1. The van der Waals surface area contributed by atoms with Gasteiger partial charge in [0, 0.05) is 6.04 Å². The van der Waals surface area contributed by atoms with Gasteiger partial charge in [-0.3, -0.25) is 4.98 Å². The van der Waals surface area contributed by atoms with Crippen molar-refractivity contribution in [3.05, 3.63) is 34.3 Å². The van der Waals surface area contributed by atoms with Gasteiger partial charge in [0.25, 0.3) is 0 Å². The summed E-state index contributed by atoms with van der Waals surface area (Å²) in [4.78, 5) is 13.7. The van der Waals surface area contributed by atoms with Gasteiger partial charge in [-0.05, 0) is 43.6 Å². The number of H-pyrrole nitrogens is 1. The van der Waals surface area contributed by atoms with Gasteiger partial charge in [-0.15, -0.1) is 0 Å². The molecule has 2 rings (SSSR count). The van der Waals surface area contributed by atoms with Crippen molar-refractivity contribution in [1.82, 2.24) is 10.3 Å². The summed E-state index contributed by atoms with van der Waals surface area (Å²) < 4.78 is 5.07. The van der Waals surface area contributed by atoms with E-state index >= 15 is 0 Å². The van der Waals surface area contributed by atoms with E-state index in [9.17, 15) is 4.79 Å². The molecule has 0 saturated heterocycles. The molecular weight excluding hydrogens is 230 g/mol. The Labute approximate surface area is 105 Å². The first kappa shape index (κ1) is 12.9. The molecule has 0 aliphatic rings. The maximum atomic E-state index is 11.1. The van der Waals surface area contributed by atoms with Crippen LogP contribution in [0.15, 0.2) is 27.4 Å². The second-order valence-corrected chi connectivity index (χ2v) is 4.69. The molecule has 18 heavy (non-hydrogen) atoms. The lowest BCUT2D eigenvalue weighted by atomic mass is 9.96. The monoisotopic (exact) mass is 249 g/mol. The van der Waals surface area contributed by atoms with E-state index in [1.165, 1.54) is 0 Å². The van der Waals surface area contributed by atoms with Crippen molar-refractivity contribution in [1.29, 1.82) is 0 Å². The number of benzene rings is 1. The van der Waals surface area contributed by atoms with Crippen LogP contribution in [0.25, 0.3) is 11.1 Å². The smallest absolute Gasteiger partial charge is 0.408 e. The Bertz CT molecular complexity index is 573. The lowest BCUT2D eigenvalue weighted by Gasteiger charge is -2.19. The number of oxazole rings is 1. The minimum absolute atomic E-state index is 0.216. The fraction of sp³-hybridized carbons (Fsp3) is 0.462. The second kappa shape index (κ2) is 5.37. The molecule has 5 nitrogen and oxygen atoms in total. The highest BCUT2D eigenvalue weighted by molar-refractivity contribution is 5.72. The predicted octanol–water partition coefficient (Wildman–Crippen LogP) is 1.37. The van der Waals surface area contributed by atoms with Crippen LogP contribution in [-0.2, 0) is 0 Å². The Hall–Kier alpha value is -1.59. The molecule has 2 unspecified atom stereocenters. The van der Waals surface area contributed by atoms with Crippen molar-refractivity contribution in [2.24, 2.45) is 11.7 Å². The molecule has 1 aromatic carbocycles. The van der Waals surface area contributed by atoms with Gasteiger partial charge in [0.2, 0.25) is 0 Å². The highest BCUT2D eigenvalue weighted by atomic mass is 16.4. The van der Waals surface area contributed by atoms with Gasteiger partial charge in [-0.25, -0.2) is 4.79 Å². The number of hydrogen-bond acceptors (Lipinski definition) is 4. The van der Waals surface area contributed by atoms with Crippen molar-refractivity contribution in [3.8, 4) is 0 Å². The average molecular weight is 249 g/mol. The van der Waals surface area contributed by atoms with Crippen molar-refractivity contribution >= 4 is 11.1 Å². The zero-order valence-corrected chi connectivity index (χ0v) is 10.7. The summed E-state index contributed by atoms with van der Waals surface area (Å²) in [7, 11) is 1.92. The molecule has 0 aliphatic carbocycles. The first-order valence-electron chi connectivity index (χ1n) is 6.14. The third-order valence-corrected chi connectivity index (χ3v) is 3.24. The number of rotatable bonds is 5. The van der Waals surface area contributed by atoms with Crippen LogP contribution < -0.4 is 16.8 Å². The first-order chi connectivity index (χ1) is 8.63. The molecule has 98 valence electrons. The summed E-state index contributed by atoms with van der Waals surface area (Å²) in [5.41, 5.74) is 8.08. The minimum atomic E-state index is -0.418. The van der Waals surface area contributed by atoms with Crippen LogP contribution in [0.1, 0.15) is 24.9 Å². The Morgan fingerprint density at radius 1 is 1.50 bits per heavy atom. The van der Waals surface area contributed by atoms with E-state index in [1.54, 1.807) is 0 Å². The van der Waals surface area contributed by atoms with E-state index < -0.39 is 5.76 Å². The Balaban J connectivity index is 2.29. The van der Waals surface area contributed by atoms with Crippen LogP contribution in [0.5, 0.6) is 0 Å². The van der Waals surface area contributed by atoms with Crippen LogP contribution in [0.2, 0.25) is 0 Å². The number of hydrogen-bond donors (Lipinski definition) is 3. The summed E-state index contributed by atoms with van der Waals surface area (Å²) in [6.07, 6.45) is 0.952. The fourth-order valence-electron chi connectivity index (χ4n) is 2.10. The molecule has 4 N–H and O–H groups in total.